The third kappa shape index (κ3) is 4.20. The van der Waals surface area contributed by atoms with Crippen LogP contribution in [0, 0.1) is 0 Å². The molecule has 0 saturated carbocycles. The Morgan fingerprint density at radius 3 is 2.50 bits per heavy atom. The number of piperazine rings is 1. The fourth-order valence-corrected chi connectivity index (χ4v) is 2.58. The smallest absolute Gasteiger partial charge is 0.238 e. The zero-order valence-corrected chi connectivity index (χ0v) is 12.9. The molecule has 1 amide bonds. The molecule has 110 valence electrons. The molecule has 4 nitrogen and oxygen atoms in total. The minimum Gasteiger partial charge on any atom is -0.324 e. The van der Waals surface area contributed by atoms with Gasteiger partial charge in [0.25, 0.3) is 0 Å². The summed E-state index contributed by atoms with van der Waals surface area (Å²) in [4.78, 5) is 16.6. The van der Waals surface area contributed by atoms with Gasteiger partial charge in [-0.1, -0.05) is 23.7 Å². The second-order valence-corrected chi connectivity index (χ2v) is 5.84. The molecule has 1 N–H and O–H groups in total. The van der Waals surface area contributed by atoms with Crippen LogP contribution in [0.3, 0.4) is 0 Å². The highest BCUT2D eigenvalue weighted by molar-refractivity contribution is 6.33. The number of nitrogens with one attached hydrogen (secondary N) is 1. The molecule has 0 aliphatic carbocycles. The molecule has 5 heteroatoms. The SMILES string of the molecule is CC(C)N1CCN(CC(=O)Nc2ccccc2Cl)CC1. The summed E-state index contributed by atoms with van der Waals surface area (Å²) in [7, 11) is 0. The van der Waals surface area contributed by atoms with E-state index in [2.05, 4.69) is 29.0 Å². The van der Waals surface area contributed by atoms with Crippen molar-refractivity contribution in [3.8, 4) is 0 Å². The van der Waals surface area contributed by atoms with E-state index in [1.165, 1.54) is 0 Å². The number of anilines is 1. The van der Waals surface area contributed by atoms with Gasteiger partial charge in [-0.05, 0) is 26.0 Å². The summed E-state index contributed by atoms with van der Waals surface area (Å²) in [6, 6.07) is 7.88. The van der Waals surface area contributed by atoms with Crippen LogP contribution < -0.4 is 5.32 Å². The van der Waals surface area contributed by atoms with E-state index in [-0.39, 0.29) is 5.91 Å². The minimum atomic E-state index is -0.00361. The van der Waals surface area contributed by atoms with E-state index in [4.69, 9.17) is 11.6 Å². The summed E-state index contributed by atoms with van der Waals surface area (Å²) >= 11 is 6.03. The lowest BCUT2D eigenvalue weighted by Gasteiger charge is -2.36. The van der Waals surface area contributed by atoms with E-state index in [1.807, 2.05) is 18.2 Å². The molecule has 0 atom stereocenters. The summed E-state index contributed by atoms with van der Waals surface area (Å²) in [6.07, 6.45) is 0. The number of carbonyl (C=O) groups is 1. The zero-order chi connectivity index (χ0) is 14.5. The molecule has 20 heavy (non-hydrogen) atoms. The van der Waals surface area contributed by atoms with Crippen molar-refractivity contribution in [2.24, 2.45) is 0 Å². The lowest BCUT2D eigenvalue weighted by molar-refractivity contribution is -0.117. The van der Waals surface area contributed by atoms with Gasteiger partial charge in [0.15, 0.2) is 0 Å². The predicted molar refractivity (Wildman–Crippen MR) is 83.2 cm³/mol. The van der Waals surface area contributed by atoms with Crippen molar-refractivity contribution >= 4 is 23.2 Å². The summed E-state index contributed by atoms with van der Waals surface area (Å²) in [6.45, 7) is 8.77. The molecule has 0 radical (unpaired) electrons. The van der Waals surface area contributed by atoms with Gasteiger partial charge in [0.2, 0.25) is 5.91 Å². The van der Waals surface area contributed by atoms with Crippen LogP contribution in [0.5, 0.6) is 0 Å². The Labute approximate surface area is 125 Å². The number of nitrogens with zero attached hydrogens (tertiary/aromatic N) is 2. The molecule has 1 fully saturated rings. The molecule has 1 aromatic rings. The number of rotatable bonds is 4. The third-order valence-electron chi connectivity index (χ3n) is 3.65. The van der Waals surface area contributed by atoms with Crippen LogP contribution in [-0.2, 0) is 4.79 Å². The lowest BCUT2D eigenvalue weighted by atomic mass is 10.2. The first-order valence-corrected chi connectivity index (χ1v) is 7.45. The fourth-order valence-electron chi connectivity index (χ4n) is 2.39. The number of hydrogen-bond acceptors (Lipinski definition) is 3. The van der Waals surface area contributed by atoms with E-state index in [0.717, 1.165) is 26.2 Å². The predicted octanol–water partition coefficient (Wildman–Crippen LogP) is 2.30. The van der Waals surface area contributed by atoms with Crippen LogP contribution in [0.15, 0.2) is 24.3 Å². The Hall–Kier alpha value is -1.10. The molecule has 1 aliphatic rings. The molecule has 0 bridgehead atoms. The fraction of sp³-hybridized carbons (Fsp3) is 0.533. The molecule has 1 aliphatic heterocycles. The average molecular weight is 296 g/mol. The monoisotopic (exact) mass is 295 g/mol. The summed E-state index contributed by atoms with van der Waals surface area (Å²) in [5, 5.41) is 3.44. The highest BCUT2D eigenvalue weighted by Gasteiger charge is 2.20. The van der Waals surface area contributed by atoms with Gasteiger partial charge in [-0.25, -0.2) is 0 Å². The topological polar surface area (TPSA) is 35.6 Å². The Bertz CT molecular complexity index is 456. The van der Waals surface area contributed by atoms with Gasteiger partial charge in [-0.2, -0.15) is 0 Å². The molecule has 2 rings (SSSR count). The van der Waals surface area contributed by atoms with Gasteiger partial charge in [0.1, 0.15) is 0 Å². The highest BCUT2D eigenvalue weighted by atomic mass is 35.5. The second-order valence-electron chi connectivity index (χ2n) is 5.43. The van der Waals surface area contributed by atoms with Crippen molar-refractivity contribution < 1.29 is 4.79 Å². The first kappa shape index (κ1) is 15.3. The quantitative estimate of drug-likeness (QED) is 0.926. The van der Waals surface area contributed by atoms with Crippen LogP contribution in [0.4, 0.5) is 5.69 Å². The Morgan fingerprint density at radius 1 is 1.25 bits per heavy atom. The van der Waals surface area contributed by atoms with E-state index in [9.17, 15) is 4.79 Å². The molecule has 0 aromatic heterocycles. The summed E-state index contributed by atoms with van der Waals surface area (Å²) in [5.41, 5.74) is 0.681. The maximum Gasteiger partial charge on any atom is 0.238 e. The molecule has 1 aromatic carbocycles. The van der Waals surface area contributed by atoms with Crippen LogP contribution in [0.25, 0.3) is 0 Å². The van der Waals surface area contributed by atoms with Crippen LogP contribution in [0.1, 0.15) is 13.8 Å². The van der Waals surface area contributed by atoms with Gasteiger partial charge < -0.3 is 5.32 Å². The van der Waals surface area contributed by atoms with Crippen molar-refractivity contribution in [2.45, 2.75) is 19.9 Å². The Kier molecular flexibility index (Phi) is 5.40. The summed E-state index contributed by atoms with van der Waals surface area (Å²) < 4.78 is 0. The first-order chi connectivity index (χ1) is 9.56. The van der Waals surface area contributed by atoms with E-state index in [1.54, 1.807) is 6.07 Å². The van der Waals surface area contributed by atoms with E-state index in [0.29, 0.717) is 23.3 Å². The Morgan fingerprint density at radius 2 is 1.90 bits per heavy atom. The summed E-state index contributed by atoms with van der Waals surface area (Å²) in [5.74, 6) is -0.00361. The lowest BCUT2D eigenvalue weighted by Crippen LogP contribution is -2.50. The minimum absolute atomic E-state index is 0.00361. The van der Waals surface area contributed by atoms with Crippen molar-refractivity contribution in [1.82, 2.24) is 9.80 Å². The average Bonchev–Trinajstić information content (AvgIpc) is 2.42. The van der Waals surface area contributed by atoms with Gasteiger partial charge in [0.05, 0.1) is 17.3 Å². The zero-order valence-electron chi connectivity index (χ0n) is 12.1. The molecular formula is C15H22ClN3O. The number of para-hydroxylation sites is 1. The largest absolute Gasteiger partial charge is 0.324 e. The second kappa shape index (κ2) is 7.07. The number of halogens is 1. The first-order valence-electron chi connectivity index (χ1n) is 7.07. The maximum absolute atomic E-state index is 12.0. The number of benzene rings is 1. The van der Waals surface area contributed by atoms with Gasteiger partial charge >= 0.3 is 0 Å². The van der Waals surface area contributed by atoms with Gasteiger partial charge in [-0.15, -0.1) is 0 Å². The number of amides is 1. The molecule has 1 saturated heterocycles. The third-order valence-corrected chi connectivity index (χ3v) is 3.98. The van der Waals surface area contributed by atoms with Crippen LogP contribution in [0.2, 0.25) is 5.02 Å². The van der Waals surface area contributed by atoms with Crippen molar-refractivity contribution in [3.05, 3.63) is 29.3 Å². The van der Waals surface area contributed by atoms with Crippen molar-refractivity contribution in [2.75, 3.05) is 38.0 Å². The van der Waals surface area contributed by atoms with Gasteiger partial charge in [0, 0.05) is 32.2 Å². The van der Waals surface area contributed by atoms with Crippen molar-refractivity contribution in [1.29, 1.82) is 0 Å². The van der Waals surface area contributed by atoms with E-state index >= 15 is 0 Å². The number of carbonyl (C=O) groups excluding carboxylic acids is 1. The van der Waals surface area contributed by atoms with Crippen LogP contribution >= 0.6 is 11.6 Å². The van der Waals surface area contributed by atoms with Crippen molar-refractivity contribution in [3.63, 3.8) is 0 Å². The number of hydrogen-bond donors (Lipinski definition) is 1. The van der Waals surface area contributed by atoms with Gasteiger partial charge in [-0.3, -0.25) is 14.6 Å². The normalized spacial score (nSPS) is 17.4. The maximum atomic E-state index is 12.0. The van der Waals surface area contributed by atoms with Crippen LogP contribution in [-0.4, -0.2) is 54.5 Å². The molecular weight excluding hydrogens is 274 g/mol. The highest BCUT2D eigenvalue weighted by Crippen LogP contribution is 2.20. The molecule has 0 spiro atoms. The Balaban J connectivity index is 1.80. The molecule has 0 unspecified atom stereocenters. The standard InChI is InChI=1S/C15H22ClN3O/c1-12(2)19-9-7-18(8-10-19)11-15(20)17-14-6-4-3-5-13(14)16/h3-6,12H,7-11H2,1-2H3,(H,17,20). The van der Waals surface area contributed by atoms with E-state index < -0.39 is 0 Å². The molecule has 1 heterocycles.